The van der Waals surface area contributed by atoms with Crippen LogP contribution in [0.15, 0.2) is 48.0 Å². The standard InChI is InChI=1S/C26H31NO7/c1-16(2)34-18-9-7-17(8-10-18)24(28)22-23(20-15-19(32-4)11-12-21(20)33-5)27(13-6-14-31-3)26(30)25(22)29/h7-12,15-16,23,28H,6,13-14H2,1-5H3/b24-22-. The fraction of sp³-hybridized carbons (Fsp3) is 0.385. The zero-order chi connectivity index (χ0) is 24.8. The van der Waals surface area contributed by atoms with Crippen LogP contribution < -0.4 is 14.2 Å². The van der Waals surface area contributed by atoms with Crippen molar-refractivity contribution in [2.24, 2.45) is 0 Å². The zero-order valence-corrected chi connectivity index (χ0v) is 20.2. The summed E-state index contributed by atoms with van der Waals surface area (Å²) in [5.74, 6) is -0.0692. The third kappa shape index (κ3) is 5.17. The van der Waals surface area contributed by atoms with E-state index in [1.807, 2.05) is 13.8 Å². The summed E-state index contributed by atoms with van der Waals surface area (Å²) >= 11 is 0. The Labute approximate surface area is 199 Å². The van der Waals surface area contributed by atoms with Crippen LogP contribution >= 0.6 is 0 Å². The molecule has 0 aromatic heterocycles. The molecule has 1 amide bonds. The van der Waals surface area contributed by atoms with Crippen molar-refractivity contribution in [2.75, 3.05) is 34.5 Å². The van der Waals surface area contributed by atoms with E-state index >= 15 is 0 Å². The molecule has 1 fully saturated rings. The van der Waals surface area contributed by atoms with E-state index < -0.39 is 17.7 Å². The van der Waals surface area contributed by atoms with Crippen LogP contribution in [0.4, 0.5) is 0 Å². The lowest BCUT2D eigenvalue weighted by atomic mass is 9.94. The molecule has 0 spiro atoms. The predicted octanol–water partition coefficient (Wildman–Crippen LogP) is 3.95. The molecule has 0 aliphatic carbocycles. The first kappa shape index (κ1) is 25.1. The highest BCUT2D eigenvalue weighted by Gasteiger charge is 2.47. The Bertz CT molecular complexity index is 1060. The number of hydrogen-bond donors (Lipinski definition) is 1. The van der Waals surface area contributed by atoms with Crippen molar-refractivity contribution >= 4 is 17.4 Å². The van der Waals surface area contributed by atoms with Crippen molar-refractivity contribution in [1.29, 1.82) is 0 Å². The molecular formula is C26H31NO7. The van der Waals surface area contributed by atoms with Crippen LogP contribution in [0.1, 0.15) is 37.4 Å². The number of amides is 1. The van der Waals surface area contributed by atoms with Gasteiger partial charge in [-0.15, -0.1) is 0 Å². The van der Waals surface area contributed by atoms with Crippen LogP contribution in [-0.4, -0.2) is 62.3 Å². The first-order valence-corrected chi connectivity index (χ1v) is 11.1. The van der Waals surface area contributed by atoms with Crippen LogP contribution in [-0.2, 0) is 14.3 Å². The van der Waals surface area contributed by atoms with Gasteiger partial charge in [-0.2, -0.15) is 0 Å². The van der Waals surface area contributed by atoms with E-state index in [0.717, 1.165) is 0 Å². The predicted molar refractivity (Wildman–Crippen MR) is 127 cm³/mol. The Morgan fingerprint density at radius 3 is 2.26 bits per heavy atom. The minimum Gasteiger partial charge on any atom is -0.507 e. The van der Waals surface area contributed by atoms with Gasteiger partial charge >= 0.3 is 0 Å². The van der Waals surface area contributed by atoms with Crippen LogP contribution in [0.5, 0.6) is 17.2 Å². The van der Waals surface area contributed by atoms with Gasteiger partial charge in [0, 0.05) is 31.4 Å². The Morgan fingerprint density at radius 2 is 1.68 bits per heavy atom. The van der Waals surface area contributed by atoms with Crippen molar-refractivity contribution in [3.05, 3.63) is 59.2 Å². The lowest BCUT2D eigenvalue weighted by Crippen LogP contribution is -2.31. The van der Waals surface area contributed by atoms with E-state index in [4.69, 9.17) is 18.9 Å². The Hall–Kier alpha value is -3.52. The van der Waals surface area contributed by atoms with Gasteiger partial charge in [-0.25, -0.2) is 0 Å². The number of benzene rings is 2. The van der Waals surface area contributed by atoms with E-state index in [1.165, 1.54) is 19.1 Å². The molecule has 8 nitrogen and oxygen atoms in total. The van der Waals surface area contributed by atoms with Gasteiger partial charge in [0.1, 0.15) is 23.0 Å². The van der Waals surface area contributed by atoms with Crippen LogP contribution in [0, 0.1) is 0 Å². The summed E-state index contributed by atoms with van der Waals surface area (Å²) in [5.41, 5.74) is 0.934. The Kier molecular flexibility index (Phi) is 8.17. The average molecular weight is 470 g/mol. The van der Waals surface area contributed by atoms with Gasteiger partial charge < -0.3 is 29.0 Å². The molecule has 0 saturated carbocycles. The number of rotatable bonds is 10. The topological polar surface area (TPSA) is 94.5 Å². The number of likely N-dealkylation sites (tertiary alicyclic amines) is 1. The summed E-state index contributed by atoms with van der Waals surface area (Å²) in [6, 6.07) is 11.0. The molecule has 34 heavy (non-hydrogen) atoms. The van der Waals surface area contributed by atoms with E-state index in [1.54, 1.807) is 49.6 Å². The summed E-state index contributed by atoms with van der Waals surface area (Å²) in [5, 5.41) is 11.2. The maximum atomic E-state index is 13.2. The number of hydrogen-bond acceptors (Lipinski definition) is 7. The molecule has 1 aliphatic heterocycles. The third-order valence-corrected chi connectivity index (χ3v) is 5.52. The molecule has 0 radical (unpaired) electrons. The normalized spacial score (nSPS) is 17.4. The SMILES string of the molecule is COCCCN1C(=O)C(=O)/C(=C(\O)c2ccc(OC(C)C)cc2)C1c1cc(OC)ccc1OC. The number of nitrogens with zero attached hydrogens (tertiary/aromatic N) is 1. The highest BCUT2D eigenvalue weighted by molar-refractivity contribution is 6.46. The van der Waals surface area contributed by atoms with E-state index in [-0.39, 0.29) is 24.0 Å². The molecule has 3 rings (SSSR count). The van der Waals surface area contributed by atoms with Gasteiger partial charge in [-0.3, -0.25) is 9.59 Å². The fourth-order valence-electron chi connectivity index (χ4n) is 3.99. The molecule has 1 N–H and O–H groups in total. The lowest BCUT2D eigenvalue weighted by Gasteiger charge is -2.27. The Balaban J connectivity index is 2.15. The lowest BCUT2D eigenvalue weighted by molar-refractivity contribution is -0.140. The quantitative estimate of drug-likeness (QED) is 0.244. The van der Waals surface area contributed by atoms with E-state index in [9.17, 15) is 14.7 Å². The van der Waals surface area contributed by atoms with Gasteiger partial charge in [-0.05, 0) is 62.7 Å². The molecule has 1 aliphatic rings. The second kappa shape index (κ2) is 11.1. The average Bonchev–Trinajstić information content (AvgIpc) is 3.08. The summed E-state index contributed by atoms with van der Waals surface area (Å²) in [7, 11) is 4.61. The highest BCUT2D eigenvalue weighted by Crippen LogP contribution is 2.44. The van der Waals surface area contributed by atoms with Crippen molar-refractivity contribution < 1.29 is 33.6 Å². The van der Waals surface area contributed by atoms with Crippen LogP contribution in [0.25, 0.3) is 5.76 Å². The summed E-state index contributed by atoms with van der Waals surface area (Å²) in [4.78, 5) is 27.7. The molecule has 182 valence electrons. The molecule has 2 aromatic carbocycles. The molecule has 1 heterocycles. The molecule has 1 atom stereocenters. The zero-order valence-electron chi connectivity index (χ0n) is 20.2. The number of methoxy groups -OCH3 is 3. The van der Waals surface area contributed by atoms with E-state index in [2.05, 4.69) is 0 Å². The minimum absolute atomic E-state index is 0.00241. The van der Waals surface area contributed by atoms with Gasteiger partial charge in [0.05, 0.1) is 31.9 Å². The minimum atomic E-state index is -0.853. The van der Waals surface area contributed by atoms with Gasteiger partial charge in [0.2, 0.25) is 0 Å². The van der Waals surface area contributed by atoms with Crippen molar-refractivity contribution in [3.63, 3.8) is 0 Å². The third-order valence-electron chi connectivity index (χ3n) is 5.52. The van der Waals surface area contributed by atoms with E-state index in [0.29, 0.717) is 41.4 Å². The number of ketones is 1. The van der Waals surface area contributed by atoms with Crippen LogP contribution in [0.2, 0.25) is 0 Å². The van der Waals surface area contributed by atoms with Crippen molar-refractivity contribution in [2.45, 2.75) is 32.4 Å². The molecule has 0 bridgehead atoms. The number of carbonyl (C=O) groups is 2. The second-order valence-electron chi connectivity index (χ2n) is 8.14. The fourth-order valence-corrected chi connectivity index (χ4v) is 3.99. The van der Waals surface area contributed by atoms with Crippen molar-refractivity contribution in [3.8, 4) is 17.2 Å². The van der Waals surface area contributed by atoms with Crippen molar-refractivity contribution in [1.82, 2.24) is 4.90 Å². The largest absolute Gasteiger partial charge is 0.507 e. The van der Waals surface area contributed by atoms with Gasteiger partial charge in [0.25, 0.3) is 11.7 Å². The smallest absolute Gasteiger partial charge is 0.295 e. The number of aliphatic hydroxyl groups is 1. The number of aliphatic hydroxyl groups excluding tert-OH is 1. The maximum absolute atomic E-state index is 13.2. The Morgan fingerprint density at radius 1 is 1.00 bits per heavy atom. The summed E-state index contributed by atoms with van der Waals surface area (Å²) in [6.45, 7) is 4.52. The maximum Gasteiger partial charge on any atom is 0.295 e. The molecule has 2 aromatic rings. The molecule has 8 heteroatoms. The first-order chi connectivity index (χ1) is 16.3. The summed E-state index contributed by atoms with van der Waals surface area (Å²) in [6.07, 6.45) is 0.519. The molecule has 1 unspecified atom stereocenters. The van der Waals surface area contributed by atoms with Crippen LogP contribution in [0.3, 0.4) is 0 Å². The number of carbonyl (C=O) groups excluding carboxylic acids is 2. The molecule has 1 saturated heterocycles. The second-order valence-corrected chi connectivity index (χ2v) is 8.14. The summed E-state index contributed by atoms with van der Waals surface area (Å²) < 4.78 is 21.7. The molecular weight excluding hydrogens is 438 g/mol. The number of Topliss-reactive ketones (excluding diaryl/α,β-unsaturated/α-hetero) is 1. The highest BCUT2D eigenvalue weighted by atomic mass is 16.5. The first-order valence-electron chi connectivity index (χ1n) is 11.1. The van der Waals surface area contributed by atoms with Gasteiger partial charge in [-0.1, -0.05) is 0 Å². The monoisotopic (exact) mass is 469 g/mol. The number of ether oxygens (including phenoxy) is 4. The van der Waals surface area contributed by atoms with Gasteiger partial charge in [0.15, 0.2) is 0 Å².